The molecule has 1 heteroatoms. The Morgan fingerprint density at radius 1 is 1.05 bits per heavy atom. The first-order valence-electron chi connectivity index (χ1n) is 7.54. The lowest BCUT2D eigenvalue weighted by molar-refractivity contribution is 0.202. The van der Waals surface area contributed by atoms with Crippen LogP contribution in [0.1, 0.15) is 51.3 Å². The minimum atomic E-state index is 0.311. The Balaban J connectivity index is 2.85. The van der Waals surface area contributed by atoms with Crippen LogP contribution < -0.4 is 5.32 Å². The molecule has 108 valence electrons. The van der Waals surface area contributed by atoms with E-state index in [1.54, 1.807) is 0 Å². The van der Waals surface area contributed by atoms with Crippen molar-refractivity contribution in [2.75, 3.05) is 6.54 Å². The molecule has 0 bridgehead atoms. The summed E-state index contributed by atoms with van der Waals surface area (Å²) in [6.45, 7) is 17.0. The number of rotatable bonds is 6. The topological polar surface area (TPSA) is 12.0 Å². The fourth-order valence-electron chi connectivity index (χ4n) is 2.29. The molecule has 1 atom stereocenters. The minimum Gasteiger partial charge on any atom is -0.314 e. The number of benzene rings is 1. The van der Waals surface area contributed by atoms with Crippen LogP contribution in [0.2, 0.25) is 0 Å². The lowest BCUT2D eigenvalue weighted by Gasteiger charge is -2.35. The Kier molecular flexibility index (Phi) is 5.61. The van der Waals surface area contributed by atoms with Crippen LogP contribution in [0.3, 0.4) is 0 Å². The molecular formula is C18H31N. The van der Waals surface area contributed by atoms with Crippen molar-refractivity contribution in [3.8, 4) is 0 Å². The Hall–Kier alpha value is -0.820. The van der Waals surface area contributed by atoms with Gasteiger partial charge in [0.05, 0.1) is 0 Å². The van der Waals surface area contributed by atoms with E-state index in [1.165, 1.54) is 16.7 Å². The Morgan fingerprint density at radius 2 is 1.68 bits per heavy atom. The maximum absolute atomic E-state index is 3.61. The van der Waals surface area contributed by atoms with E-state index in [1.807, 2.05) is 0 Å². The van der Waals surface area contributed by atoms with Crippen LogP contribution in [-0.4, -0.2) is 12.6 Å². The van der Waals surface area contributed by atoms with Gasteiger partial charge in [-0.25, -0.2) is 0 Å². The molecule has 0 heterocycles. The van der Waals surface area contributed by atoms with Crippen LogP contribution in [0.5, 0.6) is 0 Å². The van der Waals surface area contributed by atoms with Crippen molar-refractivity contribution in [1.29, 1.82) is 0 Å². The Bertz CT molecular complexity index is 406. The van der Waals surface area contributed by atoms with Gasteiger partial charge in [-0.2, -0.15) is 0 Å². The van der Waals surface area contributed by atoms with Gasteiger partial charge in [0.15, 0.2) is 0 Å². The van der Waals surface area contributed by atoms with E-state index in [-0.39, 0.29) is 0 Å². The smallest absolute Gasteiger partial charge is 0.00132 e. The van der Waals surface area contributed by atoms with Gasteiger partial charge in [0.2, 0.25) is 0 Å². The number of hydrogen-bond donors (Lipinski definition) is 1. The van der Waals surface area contributed by atoms with Crippen molar-refractivity contribution in [1.82, 2.24) is 5.32 Å². The van der Waals surface area contributed by atoms with Crippen LogP contribution >= 0.6 is 0 Å². The molecule has 1 aromatic rings. The average molecular weight is 261 g/mol. The highest BCUT2D eigenvalue weighted by Gasteiger charge is 2.28. The molecule has 1 nitrogen and oxygen atoms in total. The fraction of sp³-hybridized carbons (Fsp3) is 0.667. The molecular weight excluding hydrogens is 230 g/mol. The normalized spacial score (nSPS) is 15.0. The number of hydrogen-bond acceptors (Lipinski definition) is 1. The predicted octanol–water partition coefficient (Wildman–Crippen LogP) is 4.51. The minimum absolute atomic E-state index is 0.311. The molecule has 0 aliphatic carbocycles. The third-order valence-electron chi connectivity index (χ3n) is 4.49. The van der Waals surface area contributed by atoms with Gasteiger partial charge in [0.1, 0.15) is 0 Å². The first-order valence-corrected chi connectivity index (χ1v) is 7.54. The molecule has 1 rings (SSSR count). The molecule has 0 saturated carbocycles. The highest BCUT2D eigenvalue weighted by atomic mass is 14.9. The molecule has 19 heavy (non-hydrogen) atoms. The maximum Gasteiger partial charge on any atom is 0.00132 e. The van der Waals surface area contributed by atoms with Gasteiger partial charge in [0, 0.05) is 12.6 Å². The Morgan fingerprint density at radius 3 is 2.16 bits per heavy atom. The summed E-state index contributed by atoms with van der Waals surface area (Å²) in [6.07, 6.45) is 1.14. The average Bonchev–Trinajstić information content (AvgIpc) is 2.31. The van der Waals surface area contributed by atoms with Crippen LogP contribution in [0.4, 0.5) is 0 Å². The zero-order valence-electron chi connectivity index (χ0n) is 13.8. The van der Waals surface area contributed by atoms with Crippen LogP contribution in [-0.2, 0) is 6.42 Å². The molecule has 1 unspecified atom stereocenters. The summed E-state index contributed by atoms with van der Waals surface area (Å²) in [7, 11) is 0. The van der Waals surface area contributed by atoms with Crippen molar-refractivity contribution in [2.24, 2.45) is 11.3 Å². The van der Waals surface area contributed by atoms with Crippen molar-refractivity contribution >= 4 is 0 Å². The molecule has 0 saturated heterocycles. The summed E-state index contributed by atoms with van der Waals surface area (Å²) in [6, 6.07) is 7.45. The molecule has 1 N–H and O–H groups in total. The van der Waals surface area contributed by atoms with Crippen molar-refractivity contribution in [3.05, 3.63) is 34.9 Å². The zero-order valence-corrected chi connectivity index (χ0v) is 13.8. The monoisotopic (exact) mass is 261 g/mol. The van der Waals surface area contributed by atoms with Gasteiger partial charge in [0.25, 0.3) is 0 Å². The van der Waals surface area contributed by atoms with E-state index >= 15 is 0 Å². The van der Waals surface area contributed by atoms with E-state index in [9.17, 15) is 0 Å². The third kappa shape index (κ3) is 4.65. The molecule has 0 aliphatic rings. The zero-order chi connectivity index (χ0) is 14.6. The summed E-state index contributed by atoms with van der Waals surface area (Å²) < 4.78 is 0. The molecule has 1 aromatic carbocycles. The summed E-state index contributed by atoms with van der Waals surface area (Å²) in [4.78, 5) is 0. The summed E-state index contributed by atoms with van der Waals surface area (Å²) in [5.74, 6) is 0.667. The molecule has 0 fully saturated rings. The summed E-state index contributed by atoms with van der Waals surface area (Å²) in [5.41, 5.74) is 4.56. The standard InChI is InChI=1S/C18H31N/c1-13(2)18(7,12-19-14(3)4)11-17-9-8-15(5)16(6)10-17/h8-10,13-14,19H,11-12H2,1-7H3. The summed E-state index contributed by atoms with van der Waals surface area (Å²) in [5, 5.41) is 3.61. The largest absolute Gasteiger partial charge is 0.314 e. The molecule has 0 amide bonds. The SMILES string of the molecule is Cc1ccc(CC(C)(CNC(C)C)C(C)C)cc1C. The van der Waals surface area contributed by atoms with E-state index < -0.39 is 0 Å². The van der Waals surface area contributed by atoms with Crippen LogP contribution in [0, 0.1) is 25.2 Å². The lowest BCUT2D eigenvalue weighted by Crippen LogP contribution is -2.40. The van der Waals surface area contributed by atoms with E-state index in [4.69, 9.17) is 0 Å². The number of nitrogens with one attached hydrogen (secondary N) is 1. The van der Waals surface area contributed by atoms with Crippen molar-refractivity contribution in [3.63, 3.8) is 0 Å². The molecule has 0 aliphatic heterocycles. The quantitative estimate of drug-likeness (QED) is 0.794. The second-order valence-corrected chi connectivity index (χ2v) is 6.94. The Labute approximate surface area is 119 Å². The van der Waals surface area contributed by atoms with E-state index in [0.717, 1.165) is 13.0 Å². The fourth-order valence-corrected chi connectivity index (χ4v) is 2.29. The second kappa shape index (κ2) is 6.56. The lowest BCUT2D eigenvalue weighted by atomic mass is 9.74. The van der Waals surface area contributed by atoms with E-state index in [0.29, 0.717) is 17.4 Å². The predicted molar refractivity (Wildman–Crippen MR) is 85.7 cm³/mol. The van der Waals surface area contributed by atoms with Crippen LogP contribution in [0.15, 0.2) is 18.2 Å². The summed E-state index contributed by atoms with van der Waals surface area (Å²) >= 11 is 0. The van der Waals surface area contributed by atoms with Crippen molar-refractivity contribution < 1.29 is 0 Å². The second-order valence-electron chi connectivity index (χ2n) is 6.94. The van der Waals surface area contributed by atoms with Gasteiger partial charge in [-0.3, -0.25) is 0 Å². The third-order valence-corrected chi connectivity index (χ3v) is 4.49. The highest BCUT2D eigenvalue weighted by Crippen LogP contribution is 2.31. The van der Waals surface area contributed by atoms with E-state index in [2.05, 4.69) is 72.0 Å². The van der Waals surface area contributed by atoms with Gasteiger partial charge in [-0.05, 0) is 48.3 Å². The molecule has 0 spiro atoms. The van der Waals surface area contributed by atoms with Gasteiger partial charge in [-0.15, -0.1) is 0 Å². The maximum atomic E-state index is 3.61. The van der Waals surface area contributed by atoms with Gasteiger partial charge < -0.3 is 5.32 Å². The highest BCUT2D eigenvalue weighted by molar-refractivity contribution is 5.30. The first-order chi connectivity index (χ1) is 8.74. The van der Waals surface area contributed by atoms with Crippen molar-refractivity contribution in [2.45, 2.75) is 60.9 Å². The van der Waals surface area contributed by atoms with Gasteiger partial charge in [-0.1, -0.05) is 52.8 Å². The first kappa shape index (κ1) is 16.2. The molecule has 0 radical (unpaired) electrons. The van der Waals surface area contributed by atoms with Gasteiger partial charge >= 0.3 is 0 Å². The van der Waals surface area contributed by atoms with Crippen LogP contribution in [0.25, 0.3) is 0 Å². The number of aryl methyl sites for hydroxylation is 2. The molecule has 0 aromatic heterocycles.